The van der Waals surface area contributed by atoms with Gasteiger partial charge in [-0.1, -0.05) is 12.1 Å². The molecule has 3 heteroatoms. The van der Waals surface area contributed by atoms with Crippen LogP contribution in [0.1, 0.15) is 30.7 Å². The number of ketones is 1. The van der Waals surface area contributed by atoms with Gasteiger partial charge < -0.3 is 10.0 Å². The summed E-state index contributed by atoms with van der Waals surface area (Å²) in [4.78, 5) is 14.2. The summed E-state index contributed by atoms with van der Waals surface area (Å²) in [5.41, 5.74) is 1.09. The van der Waals surface area contributed by atoms with Crippen molar-refractivity contribution in [3.05, 3.63) is 29.8 Å². The highest BCUT2D eigenvalue weighted by atomic mass is 16.3. The number of carbonyl (C=O) groups is 1. The molecular weight excluding hydrogens is 226 g/mol. The molecule has 0 bridgehead atoms. The minimum Gasteiger partial charge on any atom is -0.508 e. The first-order chi connectivity index (χ1) is 8.58. The van der Waals surface area contributed by atoms with Crippen molar-refractivity contribution < 1.29 is 9.90 Å². The number of rotatable bonds is 3. The molecular formula is C15H21NO2. The maximum Gasteiger partial charge on any atom is 0.137 e. The zero-order chi connectivity index (χ0) is 13.1. The molecule has 1 aliphatic rings. The van der Waals surface area contributed by atoms with E-state index in [2.05, 4.69) is 4.90 Å². The van der Waals surface area contributed by atoms with Crippen molar-refractivity contribution >= 4 is 5.78 Å². The van der Waals surface area contributed by atoms with Gasteiger partial charge in [-0.05, 0) is 50.6 Å². The number of hydrogen-bond acceptors (Lipinski definition) is 3. The van der Waals surface area contributed by atoms with Crippen LogP contribution in [0.15, 0.2) is 24.3 Å². The zero-order valence-corrected chi connectivity index (χ0v) is 11.1. The standard InChI is InChI=1S/C15H21NO2/c1-16(2)10-14-13(7-4-8-15(14)18)11-5-3-6-12(17)9-11/h3,5-6,9,13-14,17H,4,7-8,10H2,1-2H3. The number of carbonyl (C=O) groups excluding carboxylic acids is 1. The highest BCUT2D eigenvalue weighted by molar-refractivity contribution is 5.83. The van der Waals surface area contributed by atoms with E-state index in [1.165, 1.54) is 0 Å². The van der Waals surface area contributed by atoms with Crippen molar-refractivity contribution in [1.82, 2.24) is 4.90 Å². The minimum atomic E-state index is 0.0653. The molecule has 3 nitrogen and oxygen atoms in total. The summed E-state index contributed by atoms with van der Waals surface area (Å²) in [6.45, 7) is 0.791. The Morgan fingerprint density at radius 1 is 1.39 bits per heavy atom. The Balaban J connectivity index is 2.25. The lowest BCUT2D eigenvalue weighted by Gasteiger charge is -2.32. The third kappa shape index (κ3) is 2.91. The molecule has 0 radical (unpaired) electrons. The molecule has 1 aromatic carbocycles. The SMILES string of the molecule is CN(C)CC1C(=O)CCCC1c1cccc(O)c1. The second kappa shape index (κ2) is 5.53. The van der Waals surface area contributed by atoms with Gasteiger partial charge in [-0.3, -0.25) is 4.79 Å². The predicted octanol–water partition coefficient (Wildman–Crippen LogP) is 2.41. The number of hydrogen-bond donors (Lipinski definition) is 1. The average molecular weight is 247 g/mol. The van der Waals surface area contributed by atoms with E-state index in [0.29, 0.717) is 12.2 Å². The van der Waals surface area contributed by atoms with Crippen LogP contribution in [-0.4, -0.2) is 36.4 Å². The first-order valence-corrected chi connectivity index (χ1v) is 6.54. The molecule has 1 aliphatic carbocycles. The average Bonchev–Trinajstić information content (AvgIpc) is 2.31. The molecule has 1 saturated carbocycles. The van der Waals surface area contributed by atoms with Crippen LogP contribution in [0.2, 0.25) is 0 Å². The van der Waals surface area contributed by atoms with Gasteiger partial charge in [0.25, 0.3) is 0 Å². The first-order valence-electron chi connectivity index (χ1n) is 6.54. The molecule has 18 heavy (non-hydrogen) atoms. The lowest BCUT2D eigenvalue weighted by molar-refractivity contribution is -0.125. The fourth-order valence-electron chi connectivity index (χ4n) is 2.88. The first kappa shape index (κ1) is 13.1. The maximum atomic E-state index is 12.1. The molecule has 0 aliphatic heterocycles. The van der Waals surface area contributed by atoms with Gasteiger partial charge in [0.1, 0.15) is 11.5 Å². The van der Waals surface area contributed by atoms with E-state index in [1.807, 2.05) is 26.2 Å². The molecule has 1 fully saturated rings. The van der Waals surface area contributed by atoms with Crippen LogP contribution in [0, 0.1) is 5.92 Å². The Morgan fingerprint density at radius 3 is 2.83 bits per heavy atom. The highest BCUT2D eigenvalue weighted by Crippen LogP contribution is 2.37. The smallest absolute Gasteiger partial charge is 0.137 e. The van der Waals surface area contributed by atoms with Crippen molar-refractivity contribution in [1.29, 1.82) is 0 Å². The number of benzene rings is 1. The molecule has 0 spiro atoms. The number of nitrogens with zero attached hydrogens (tertiary/aromatic N) is 1. The van der Waals surface area contributed by atoms with Crippen molar-refractivity contribution in [2.45, 2.75) is 25.2 Å². The highest BCUT2D eigenvalue weighted by Gasteiger charge is 2.33. The fraction of sp³-hybridized carbons (Fsp3) is 0.533. The van der Waals surface area contributed by atoms with Gasteiger partial charge >= 0.3 is 0 Å². The molecule has 2 atom stereocenters. The molecule has 0 saturated heterocycles. The van der Waals surface area contributed by atoms with Crippen LogP contribution in [0.25, 0.3) is 0 Å². The molecule has 0 heterocycles. The Morgan fingerprint density at radius 2 is 2.17 bits per heavy atom. The maximum absolute atomic E-state index is 12.1. The van der Waals surface area contributed by atoms with Gasteiger partial charge in [-0.25, -0.2) is 0 Å². The lowest BCUT2D eigenvalue weighted by atomic mass is 9.74. The summed E-state index contributed by atoms with van der Waals surface area (Å²) in [5.74, 6) is 0.966. The van der Waals surface area contributed by atoms with Crippen LogP contribution < -0.4 is 0 Å². The Bertz CT molecular complexity index is 428. The number of phenolic OH excluding ortho intramolecular Hbond substituents is 1. The zero-order valence-electron chi connectivity index (χ0n) is 11.1. The van der Waals surface area contributed by atoms with Gasteiger partial charge in [0.05, 0.1) is 0 Å². The van der Waals surface area contributed by atoms with Crippen LogP contribution >= 0.6 is 0 Å². The van der Waals surface area contributed by atoms with Crippen molar-refractivity contribution in [2.24, 2.45) is 5.92 Å². The van der Waals surface area contributed by atoms with E-state index >= 15 is 0 Å². The van der Waals surface area contributed by atoms with Crippen LogP contribution in [0.3, 0.4) is 0 Å². The normalized spacial score (nSPS) is 24.5. The molecule has 1 aromatic rings. The largest absolute Gasteiger partial charge is 0.508 e. The fourth-order valence-corrected chi connectivity index (χ4v) is 2.88. The van der Waals surface area contributed by atoms with Crippen LogP contribution in [0.5, 0.6) is 5.75 Å². The monoisotopic (exact) mass is 247 g/mol. The van der Waals surface area contributed by atoms with Gasteiger partial charge in [0.15, 0.2) is 0 Å². The van der Waals surface area contributed by atoms with Crippen molar-refractivity contribution in [2.75, 3.05) is 20.6 Å². The molecule has 98 valence electrons. The third-order valence-electron chi connectivity index (χ3n) is 3.70. The second-order valence-corrected chi connectivity index (χ2v) is 5.43. The van der Waals surface area contributed by atoms with E-state index in [0.717, 1.165) is 24.9 Å². The lowest BCUT2D eigenvalue weighted by Crippen LogP contribution is -2.35. The van der Waals surface area contributed by atoms with Crippen molar-refractivity contribution in [3.63, 3.8) is 0 Å². The van der Waals surface area contributed by atoms with E-state index in [9.17, 15) is 9.90 Å². The number of aromatic hydroxyl groups is 1. The molecule has 0 aromatic heterocycles. The molecule has 2 unspecified atom stereocenters. The van der Waals surface area contributed by atoms with Crippen LogP contribution in [0.4, 0.5) is 0 Å². The number of phenols is 1. The Kier molecular flexibility index (Phi) is 4.02. The second-order valence-electron chi connectivity index (χ2n) is 5.43. The van der Waals surface area contributed by atoms with Gasteiger partial charge in [-0.2, -0.15) is 0 Å². The summed E-state index contributed by atoms with van der Waals surface area (Å²) >= 11 is 0. The van der Waals surface area contributed by atoms with Crippen molar-refractivity contribution in [3.8, 4) is 5.75 Å². The molecule has 1 N–H and O–H groups in total. The Hall–Kier alpha value is -1.35. The molecule has 0 amide bonds. The summed E-state index contributed by atoms with van der Waals surface area (Å²) in [7, 11) is 4.00. The van der Waals surface area contributed by atoms with Gasteiger partial charge in [-0.15, -0.1) is 0 Å². The third-order valence-corrected chi connectivity index (χ3v) is 3.70. The van der Waals surface area contributed by atoms with E-state index in [4.69, 9.17) is 0 Å². The van der Waals surface area contributed by atoms with E-state index in [1.54, 1.807) is 12.1 Å². The predicted molar refractivity (Wildman–Crippen MR) is 71.7 cm³/mol. The van der Waals surface area contributed by atoms with Gasteiger partial charge in [0, 0.05) is 18.9 Å². The topological polar surface area (TPSA) is 40.5 Å². The van der Waals surface area contributed by atoms with Gasteiger partial charge in [0.2, 0.25) is 0 Å². The summed E-state index contributed by atoms with van der Waals surface area (Å²) in [6, 6.07) is 7.35. The van der Waals surface area contributed by atoms with E-state index < -0.39 is 0 Å². The summed E-state index contributed by atoms with van der Waals surface area (Å²) in [6.07, 6.45) is 2.70. The Labute approximate surface area is 108 Å². The summed E-state index contributed by atoms with van der Waals surface area (Å²) < 4.78 is 0. The molecule has 2 rings (SSSR count). The van der Waals surface area contributed by atoms with Crippen LogP contribution in [-0.2, 0) is 4.79 Å². The minimum absolute atomic E-state index is 0.0653. The van der Waals surface area contributed by atoms with E-state index in [-0.39, 0.29) is 17.6 Å². The number of Topliss-reactive ketones (excluding diaryl/α,β-unsaturated/α-hetero) is 1. The summed E-state index contributed by atoms with van der Waals surface area (Å²) in [5, 5.41) is 9.58. The quantitative estimate of drug-likeness (QED) is 0.891.